The number of carboxylic acid groups (broad SMARTS) is 1. The summed E-state index contributed by atoms with van der Waals surface area (Å²) in [7, 11) is -2.24. The van der Waals surface area contributed by atoms with Gasteiger partial charge in [-0.25, -0.2) is 17.9 Å². The first-order valence-electron chi connectivity index (χ1n) is 6.94. The summed E-state index contributed by atoms with van der Waals surface area (Å²) in [6.07, 6.45) is 0.640. The van der Waals surface area contributed by atoms with E-state index in [1.54, 1.807) is 7.11 Å². The molecule has 1 atom stereocenters. The van der Waals surface area contributed by atoms with Crippen LogP contribution in [0.5, 0.6) is 0 Å². The lowest BCUT2D eigenvalue weighted by Gasteiger charge is -2.18. The Labute approximate surface area is 130 Å². The second kappa shape index (κ2) is 8.11. The first-order chi connectivity index (χ1) is 10.3. The zero-order valence-electron chi connectivity index (χ0n) is 12.9. The van der Waals surface area contributed by atoms with Gasteiger partial charge in [0, 0.05) is 19.7 Å². The van der Waals surface area contributed by atoms with Gasteiger partial charge in [0.15, 0.2) is 0 Å². The number of benzene rings is 1. The highest BCUT2D eigenvalue weighted by Gasteiger charge is 2.21. The minimum Gasteiger partial charge on any atom is -0.478 e. The molecule has 0 saturated heterocycles. The number of nitrogens with one attached hydrogen (secondary N) is 2. The smallest absolute Gasteiger partial charge is 0.335 e. The Morgan fingerprint density at radius 1 is 1.41 bits per heavy atom. The van der Waals surface area contributed by atoms with E-state index in [1.165, 1.54) is 12.1 Å². The van der Waals surface area contributed by atoms with Crippen LogP contribution in [0.15, 0.2) is 23.1 Å². The molecule has 0 radical (unpaired) electrons. The number of methoxy groups -OCH3 is 1. The Morgan fingerprint density at radius 2 is 2.09 bits per heavy atom. The molecule has 1 aromatic carbocycles. The standard InChI is InChI=1S/C14H22N2O5S/c1-4-7-15-22(19,20)13-8-11(14(17)18)5-6-12(13)16-10(2)9-21-3/h5-6,8,10,15-16H,4,7,9H2,1-3H3,(H,17,18). The van der Waals surface area contributed by atoms with Crippen molar-refractivity contribution < 1.29 is 23.1 Å². The maximum absolute atomic E-state index is 12.4. The van der Waals surface area contributed by atoms with Crippen molar-refractivity contribution in [1.29, 1.82) is 0 Å². The third-order valence-electron chi connectivity index (χ3n) is 2.88. The Kier molecular flexibility index (Phi) is 6.79. The normalized spacial score (nSPS) is 12.9. The zero-order chi connectivity index (χ0) is 16.8. The van der Waals surface area contributed by atoms with Crippen LogP contribution in [0.3, 0.4) is 0 Å². The number of rotatable bonds is 9. The molecule has 0 aliphatic heterocycles. The van der Waals surface area contributed by atoms with Gasteiger partial charge in [-0.05, 0) is 31.5 Å². The van der Waals surface area contributed by atoms with E-state index in [1.807, 2.05) is 13.8 Å². The lowest BCUT2D eigenvalue weighted by atomic mass is 10.2. The summed E-state index contributed by atoms with van der Waals surface area (Å²) >= 11 is 0. The number of hydrogen-bond acceptors (Lipinski definition) is 5. The fourth-order valence-electron chi connectivity index (χ4n) is 1.87. The van der Waals surface area contributed by atoms with Gasteiger partial charge < -0.3 is 15.2 Å². The van der Waals surface area contributed by atoms with Crippen LogP contribution in [0.25, 0.3) is 0 Å². The summed E-state index contributed by atoms with van der Waals surface area (Å²) in [6, 6.07) is 3.85. The van der Waals surface area contributed by atoms with Crippen LogP contribution >= 0.6 is 0 Å². The molecule has 8 heteroatoms. The molecule has 0 aliphatic rings. The van der Waals surface area contributed by atoms with E-state index in [2.05, 4.69) is 10.0 Å². The number of ether oxygens (including phenoxy) is 1. The highest BCUT2D eigenvalue weighted by Crippen LogP contribution is 2.23. The molecule has 7 nitrogen and oxygen atoms in total. The molecule has 0 amide bonds. The van der Waals surface area contributed by atoms with E-state index >= 15 is 0 Å². The maximum Gasteiger partial charge on any atom is 0.335 e. The third kappa shape index (κ3) is 4.97. The molecule has 0 aromatic heterocycles. The van der Waals surface area contributed by atoms with Crippen LogP contribution in [0.1, 0.15) is 30.6 Å². The molecule has 0 fully saturated rings. The van der Waals surface area contributed by atoms with Gasteiger partial charge in [-0.1, -0.05) is 6.92 Å². The number of hydrogen-bond donors (Lipinski definition) is 3. The molecule has 124 valence electrons. The SMILES string of the molecule is CCCNS(=O)(=O)c1cc(C(=O)O)ccc1NC(C)COC. The largest absolute Gasteiger partial charge is 0.478 e. The fraction of sp³-hybridized carbons (Fsp3) is 0.500. The molecule has 0 saturated carbocycles. The molecule has 1 rings (SSSR count). The molecule has 1 aromatic rings. The van der Waals surface area contributed by atoms with Crippen LogP contribution in [0.2, 0.25) is 0 Å². The number of carbonyl (C=O) groups is 1. The fourth-order valence-corrected chi connectivity index (χ4v) is 3.20. The molecular weight excluding hydrogens is 308 g/mol. The molecule has 22 heavy (non-hydrogen) atoms. The second-order valence-corrected chi connectivity index (χ2v) is 6.65. The summed E-state index contributed by atoms with van der Waals surface area (Å²) < 4.78 is 32.2. The van der Waals surface area contributed by atoms with Crippen molar-refractivity contribution in [1.82, 2.24) is 4.72 Å². The average Bonchev–Trinajstić information content (AvgIpc) is 2.45. The van der Waals surface area contributed by atoms with E-state index in [0.29, 0.717) is 18.7 Å². The molecule has 3 N–H and O–H groups in total. The maximum atomic E-state index is 12.4. The quantitative estimate of drug-likeness (QED) is 0.634. The highest BCUT2D eigenvalue weighted by molar-refractivity contribution is 7.89. The topological polar surface area (TPSA) is 105 Å². The Morgan fingerprint density at radius 3 is 2.64 bits per heavy atom. The van der Waals surface area contributed by atoms with Gasteiger partial charge in [-0.15, -0.1) is 0 Å². The van der Waals surface area contributed by atoms with Crippen LogP contribution in [0.4, 0.5) is 5.69 Å². The zero-order valence-corrected chi connectivity index (χ0v) is 13.7. The van der Waals surface area contributed by atoms with Crippen molar-refractivity contribution in [2.24, 2.45) is 0 Å². The van der Waals surface area contributed by atoms with Crippen LogP contribution in [0, 0.1) is 0 Å². The molecule has 1 unspecified atom stereocenters. The lowest BCUT2D eigenvalue weighted by molar-refractivity contribution is 0.0696. The van der Waals surface area contributed by atoms with Gasteiger partial charge in [-0.2, -0.15) is 0 Å². The Hall–Kier alpha value is -1.64. The van der Waals surface area contributed by atoms with Crippen LogP contribution < -0.4 is 10.0 Å². The van der Waals surface area contributed by atoms with Crippen molar-refractivity contribution >= 4 is 21.7 Å². The summed E-state index contributed by atoms with van der Waals surface area (Å²) in [4.78, 5) is 11.0. The summed E-state index contributed by atoms with van der Waals surface area (Å²) in [5.74, 6) is -1.18. The van der Waals surface area contributed by atoms with Crippen molar-refractivity contribution in [2.45, 2.75) is 31.2 Å². The summed E-state index contributed by atoms with van der Waals surface area (Å²) in [5.41, 5.74) is 0.264. The van der Waals surface area contributed by atoms with Crippen molar-refractivity contribution in [3.05, 3.63) is 23.8 Å². The number of carboxylic acids is 1. The highest BCUT2D eigenvalue weighted by atomic mass is 32.2. The van der Waals surface area contributed by atoms with Crippen LogP contribution in [-0.2, 0) is 14.8 Å². The van der Waals surface area contributed by atoms with E-state index in [9.17, 15) is 13.2 Å². The Balaban J connectivity index is 3.23. The van der Waals surface area contributed by atoms with Gasteiger partial charge in [-0.3, -0.25) is 0 Å². The third-order valence-corrected chi connectivity index (χ3v) is 4.38. The second-order valence-electron chi connectivity index (χ2n) is 4.91. The van der Waals surface area contributed by atoms with E-state index in [0.717, 1.165) is 6.07 Å². The number of sulfonamides is 1. The lowest BCUT2D eigenvalue weighted by Crippen LogP contribution is -2.27. The van der Waals surface area contributed by atoms with E-state index < -0.39 is 16.0 Å². The van der Waals surface area contributed by atoms with Gasteiger partial charge in [0.1, 0.15) is 4.90 Å². The predicted octanol–water partition coefficient (Wildman–Crippen LogP) is 1.52. The van der Waals surface area contributed by atoms with Crippen molar-refractivity contribution in [3.8, 4) is 0 Å². The van der Waals surface area contributed by atoms with Gasteiger partial charge in [0.2, 0.25) is 10.0 Å². The number of anilines is 1. The predicted molar refractivity (Wildman–Crippen MR) is 83.8 cm³/mol. The van der Waals surface area contributed by atoms with Gasteiger partial charge in [0.05, 0.1) is 17.9 Å². The molecule has 0 spiro atoms. The van der Waals surface area contributed by atoms with E-state index in [4.69, 9.17) is 9.84 Å². The summed E-state index contributed by atoms with van der Waals surface area (Å²) in [6.45, 7) is 4.36. The minimum absolute atomic E-state index is 0.0798. The first kappa shape index (κ1) is 18.4. The van der Waals surface area contributed by atoms with Crippen molar-refractivity contribution in [3.63, 3.8) is 0 Å². The monoisotopic (exact) mass is 330 g/mol. The first-order valence-corrected chi connectivity index (χ1v) is 8.42. The molecule has 0 heterocycles. The van der Waals surface area contributed by atoms with Gasteiger partial charge in [0.25, 0.3) is 0 Å². The minimum atomic E-state index is -3.79. The molecule has 0 bridgehead atoms. The summed E-state index contributed by atoms with van der Waals surface area (Å²) in [5, 5.41) is 12.1. The van der Waals surface area contributed by atoms with Crippen molar-refractivity contribution in [2.75, 3.05) is 25.6 Å². The van der Waals surface area contributed by atoms with Gasteiger partial charge >= 0.3 is 5.97 Å². The number of aromatic carboxylic acids is 1. The Bertz CT molecular complexity index is 616. The molecule has 0 aliphatic carbocycles. The van der Waals surface area contributed by atoms with Crippen LogP contribution in [-0.4, -0.2) is 45.8 Å². The van der Waals surface area contributed by atoms with E-state index in [-0.39, 0.29) is 23.0 Å². The molecular formula is C14H22N2O5S. The average molecular weight is 330 g/mol.